The monoisotopic (exact) mass is 319 g/mol. The number of halogens is 3. The Labute approximate surface area is 126 Å². The molecule has 1 atom stereocenters. The molecule has 2 amide bonds. The van der Waals surface area contributed by atoms with Gasteiger partial charge in [-0.2, -0.15) is 0 Å². The highest BCUT2D eigenvalue weighted by atomic mass is 35.5. The van der Waals surface area contributed by atoms with Gasteiger partial charge < -0.3 is 11.1 Å². The number of hydrogen-bond donors (Lipinski definition) is 3. The summed E-state index contributed by atoms with van der Waals surface area (Å²) in [7, 11) is 0. The van der Waals surface area contributed by atoms with E-state index in [0.717, 1.165) is 0 Å². The summed E-state index contributed by atoms with van der Waals surface area (Å²) in [5.74, 6) is -3.88. The summed E-state index contributed by atoms with van der Waals surface area (Å²) in [4.78, 5) is 22.7. The van der Waals surface area contributed by atoms with Crippen molar-refractivity contribution in [2.75, 3.05) is 6.54 Å². The van der Waals surface area contributed by atoms with E-state index >= 15 is 0 Å². The maximum atomic E-state index is 13.0. The average Bonchev–Trinajstić information content (AvgIpc) is 2.77. The molecule has 0 aliphatic carbocycles. The van der Waals surface area contributed by atoms with Crippen molar-refractivity contribution in [2.45, 2.75) is 24.9 Å². The summed E-state index contributed by atoms with van der Waals surface area (Å²) in [6.07, 6.45) is -0.500. The van der Waals surface area contributed by atoms with E-state index < -0.39 is 36.7 Å². The van der Waals surface area contributed by atoms with Gasteiger partial charge in [-0.1, -0.05) is 12.1 Å². The third-order valence-electron chi connectivity index (χ3n) is 3.10. The van der Waals surface area contributed by atoms with Gasteiger partial charge >= 0.3 is 0 Å². The fourth-order valence-electron chi connectivity index (χ4n) is 2.05. The molecule has 0 aromatic heterocycles. The molecular weight excluding hydrogens is 304 g/mol. The van der Waals surface area contributed by atoms with Crippen LogP contribution in [-0.4, -0.2) is 30.3 Å². The molecule has 1 aromatic carbocycles. The average molecular weight is 320 g/mol. The lowest BCUT2D eigenvalue weighted by Crippen LogP contribution is -2.40. The molecule has 2 rings (SSSR count). The standard InChI is InChI=1S/C13H15F2N3O2.ClH/c14-13(15)5-10(18-7-13)12(20)17-6-8-2-1-3-9(4-8)11(16)19;/h1-4,10,18H,5-7H2,(H2,16,19)(H,17,20);1H. The van der Waals surface area contributed by atoms with Crippen LogP contribution in [0.2, 0.25) is 0 Å². The van der Waals surface area contributed by atoms with Crippen molar-refractivity contribution < 1.29 is 18.4 Å². The first-order valence-electron chi connectivity index (χ1n) is 6.15. The lowest BCUT2D eigenvalue weighted by atomic mass is 10.1. The Kier molecular flexibility index (Phi) is 5.62. The largest absolute Gasteiger partial charge is 0.366 e. The highest BCUT2D eigenvalue weighted by molar-refractivity contribution is 5.92. The van der Waals surface area contributed by atoms with Gasteiger partial charge in [0, 0.05) is 18.5 Å². The Bertz CT molecular complexity index is 540. The van der Waals surface area contributed by atoms with E-state index in [2.05, 4.69) is 10.6 Å². The molecule has 8 heteroatoms. The van der Waals surface area contributed by atoms with E-state index in [1.54, 1.807) is 24.3 Å². The molecule has 1 heterocycles. The minimum atomic E-state index is -2.84. The number of amides is 2. The molecule has 1 fully saturated rings. The van der Waals surface area contributed by atoms with Crippen molar-refractivity contribution in [1.82, 2.24) is 10.6 Å². The van der Waals surface area contributed by atoms with Crippen LogP contribution < -0.4 is 16.4 Å². The van der Waals surface area contributed by atoms with Crippen LogP contribution in [0.3, 0.4) is 0 Å². The molecule has 0 radical (unpaired) electrons. The Hall–Kier alpha value is -1.73. The smallest absolute Gasteiger partial charge is 0.262 e. The first kappa shape index (κ1) is 17.3. The maximum absolute atomic E-state index is 13.0. The molecule has 116 valence electrons. The number of nitrogens with one attached hydrogen (secondary N) is 2. The number of alkyl halides is 2. The van der Waals surface area contributed by atoms with Gasteiger partial charge in [-0.25, -0.2) is 8.78 Å². The molecule has 5 nitrogen and oxygen atoms in total. The van der Waals surface area contributed by atoms with Crippen molar-refractivity contribution in [3.05, 3.63) is 35.4 Å². The molecule has 21 heavy (non-hydrogen) atoms. The zero-order valence-electron chi connectivity index (χ0n) is 11.1. The fourth-order valence-corrected chi connectivity index (χ4v) is 2.05. The summed E-state index contributed by atoms with van der Waals surface area (Å²) in [6, 6.07) is 5.59. The van der Waals surface area contributed by atoms with Crippen LogP contribution in [-0.2, 0) is 11.3 Å². The van der Waals surface area contributed by atoms with Gasteiger partial charge in [0.1, 0.15) is 0 Å². The van der Waals surface area contributed by atoms with Crippen LogP contribution in [0.4, 0.5) is 8.78 Å². The van der Waals surface area contributed by atoms with Gasteiger partial charge in [-0.15, -0.1) is 12.4 Å². The normalized spacial score (nSPS) is 19.6. The number of benzene rings is 1. The van der Waals surface area contributed by atoms with E-state index in [1.165, 1.54) is 0 Å². The lowest BCUT2D eigenvalue weighted by Gasteiger charge is -2.11. The van der Waals surface area contributed by atoms with Crippen molar-refractivity contribution in [3.8, 4) is 0 Å². The second-order valence-corrected chi connectivity index (χ2v) is 4.78. The Morgan fingerprint density at radius 3 is 2.71 bits per heavy atom. The van der Waals surface area contributed by atoms with Crippen molar-refractivity contribution in [2.24, 2.45) is 5.73 Å². The van der Waals surface area contributed by atoms with Crippen LogP contribution in [0.1, 0.15) is 22.3 Å². The van der Waals surface area contributed by atoms with Crippen molar-refractivity contribution >= 4 is 24.2 Å². The summed E-state index contributed by atoms with van der Waals surface area (Å²) in [5.41, 5.74) is 6.16. The first-order chi connectivity index (χ1) is 9.37. The lowest BCUT2D eigenvalue weighted by molar-refractivity contribution is -0.123. The van der Waals surface area contributed by atoms with Gasteiger partial charge in [0.2, 0.25) is 11.8 Å². The number of nitrogens with two attached hydrogens (primary N) is 1. The Balaban J connectivity index is 0.00000220. The van der Waals surface area contributed by atoms with E-state index in [1.807, 2.05) is 0 Å². The molecule has 0 spiro atoms. The summed E-state index contributed by atoms with van der Waals surface area (Å²) in [6.45, 7) is -0.327. The summed E-state index contributed by atoms with van der Waals surface area (Å²) < 4.78 is 25.9. The molecule has 1 aromatic rings. The Morgan fingerprint density at radius 1 is 1.43 bits per heavy atom. The number of rotatable bonds is 4. The van der Waals surface area contributed by atoms with Gasteiger partial charge in [-0.05, 0) is 17.7 Å². The molecule has 0 bridgehead atoms. The zero-order chi connectivity index (χ0) is 14.8. The number of hydrogen-bond acceptors (Lipinski definition) is 3. The van der Waals surface area contributed by atoms with Gasteiger partial charge in [0.25, 0.3) is 5.92 Å². The fraction of sp³-hybridized carbons (Fsp3) is 0.385. The van der Waals surface area contributed by atoms with Crippen LogP contribution in [0.5, 0.6) is 0 Å². The number of carbonyl (C=O) groups excluding carboxylic acids is 2. The SMILES string of the molecule is Cl.NC(=O)c1cccc(CNC(=O)C2CC(F)(F)CN2)c1. The molecule has 1 saturated heterocycles. The van der Waals surface area contributed by atoms with Crippen molar-refractivity contribution in [1.29, 1.82) is 0 Å². The van der Waals surface area contributed by atoms with Crippen LogP contribution in [0.15, 0.2) is 24.3 Å². The van der Waals surface area contributed by atoms with Gasteiger partial charge in [0.05, 0.1) is 12.6 Å². The Morgan fingerprint density at radius 2 is 2.14 bits per heavy atom. The molecule has 4 N–H and O–H groups in total. The molecule has 1 aliphatic heterocycles. The highest BCUT2D eigenvalue weighted by Crippen LogP contribution is 2.25. The van der Waals surface area contributed by atoms with E-state index in [-0.39, 0.29) is 19.0 Å². The molecule has 1 aliphatic rings. The predicted molar refractivity (Wildman–Crippen MR) is 75.4 cm³/mol. The first-order valence-corrected chi connectivity index (χ1v) is 6.15. The van der Waals surface area contributed by atoms with Gasteiger partial charge in [-0.3, -0.25) is 14.9 Å². The topological polar surface area (TPSA) is 84.2 Å². The minimum absolute atomic E-state index is 0. The van der Waals surface area contributed by atoms with E-state index in [9.17, 15) is 18.4 Å². The van der Waals surface area contributed by atoms with E-state index in [4.69, 9.17) is 5.73 Å². The predicted octanol–water partition coefficient (Wildman–Crippen LogP) is 0.821. The van der Waals surface area contributed by atoms with Crippen LogP contribution >= 0.6 is 12.4 Å². The molecular formula is C13H16ClF2N3O2. The number of carbonyl (C=O) groups is 2. The molecule has 1 unspecified atom stereocenters. The second kappa shape index (κ2) is 6.82. The maximum Gasteiger partial charge on any atom is 0.262 e. The quantitative estimate of drug-likeness (QED) is 0.768. The summed E-state index contributed by atoms with van der Waals surface area (Å²) >= 11 is 0. The summed E-state index contributed by atoms with van der Waals surface area (Å²) in [5, 5.41) is 5.03. The number of primary amides is 1. The van der Waals surface area contributed by atoms with E-state index in [0.29, 0.717) is 11.1 Å². The zero-order valence-corrected chi connectivity index (χ0v) is 11.9. The minimum Gasteiger partial charge on any atom is -0.366 e. The second-order valence-electron chi connectivity index (χ2n) is 4.78. The van der Waals surface area contributed by atoms with Crippen LogP contribution in [0, 0.1) is 0 Å². The highest BCUT2D eigenvalue weighted by Gasteiger charge is 2.42. The third kappa shape index (κ3) is 4.64. The molecule has 0 saturated carbocycles. The van der Waals surface area contributed by atoms with Gasteiger partial charge in [0.15, 0.2) is 0 Å². The third-order valence-corrected chi connectivity index (χ3v) is 3.10. The van der Waals surface area contributed by atoms with Crippen molar-refractivity contribution in [3.63, 3.8) is 0 Å². The van der Waals surface area contributed by atoms with Crippen LogP contribution in [0.25, 0.3) is 0 Å².